The van der Waals surface area contributed by atoms with Crippen molar-refractivity contribution in [2.24, 2.45) is 0 Å². The van der Waals surface area contributed by atoms with Gasteiger partial charge >= 0.3 is 5.97 Å². The Kier molecular flexibility index (Phi) is 3.94. The molecular weight excluding hydrogens is 216 g/mol. The average molecular weight is 236 g/mol. The molecule has 0 bridgehead atoms. The topological polar surface area (TPSA) is 57.5 Å². The van der Waals surface area contributed by atoms with E-state index < -0.39 is 17.5 Å². The molecule has 0 aliphatic heterocycles. The van der Waals surface area contributed by atoms with Gasteiger partial charge in [0.15, 0.2) is 5.60 Å². The maximum absolute atomic E-state index is 11.2. The summed E-state index contributed by atoms with van der Waals surface area (Å²) in [6.45, 7) is 7.35. The first-order valence-electron chi connectivity index (χ1n) is 5.85. The molecule has 0 aliphatic carbocycles. The van der Waals surface area contributed by atoms with Gasteiger partial charge in [-0.05, 0) is 31.4 Å². The third-order valence-corrected chi connectivity index (χ3v) is 3.53. The first-order chi connectivity index (χ1) is 7.82. The molecule has 2 N–H and O–H groups in total. The molecule has 17 heavy (non-hydrogen) atoms. The normalized spacial score (nSPS) is 16.3. The van der Waals surface area contributed by atoms with Gasteiger partial charge in [0.05, 0.1) is 0 Å². The monoisotopic (exact) mass is 236 g/mol. The summed E-state index contributed by atoms with van der Waals surface area (Å²) in [6, 6.07) is 5.89. The lowest BCUT2D eigenvalue weighted by Crippen LogP contribution is -2.43. The van der Waals surface area contributed by atoms with Crippen molar-refractivity contribution in [1.29, 1.82) is 0 Å². The quantitative estimate of drug-likeness (QED) is 0.845. The van der Waals surface area contributed by atoms with Crippen LogP contribution in [0.4, 0.5) is 0 Å². The molecule has 1 aromatic carbocycles. The van der Waals surface area contributed by atoms with Crippen LogP contribution in [0.2, 0.25) is 0 Å². The van der Waals surface area contributed by atoms with Crippen molar-refractivity contribution in [1.82, 2.24) is 0 Å². The van der Waals surface area contributed by atoms with Crippen molar-refractivity contribution >= 4 is 5.97 Å². The second-order valence-electron chi connectivity index (χ2n) is 4.66. The number of carboxylic acid groups (broad SMARTS) is 1. The molecule has 0 saturated heterocycles. The van der Waals surface area contributed by atoms with Crippen molar-refractivity contribution in [2.75, 3.05) is 0 Å². The molecule has 0 fully saturated rings. The largest absolute Gasteiger partial charge is 0.479 e. The Hall–Kier alpha value is -1.35. The summed E-state index contributed by atoms with van der Waals surface area (Å²) in [4.78, 5) is 11.2. The van der Waals surface area contributed by atoms with Crippen LogP contribution in [0.15, 0.2) is 18.2 Å². The van der Waals surface area contributed by atoms with E-state index in [9.17, 15) is 15.0 Å². The smallest absolute Gasteiger partial charge is 0.336 e. The van der Waals surface area contributed by atoms with E-state index in [4.69, 9.17) is 0 Å². The Bertz CT molecular complexity index is 425. The van der Waals surface area contributed by atoms with Gasteiger partial charge in [0, 0.05) is 5.92 Å². The molecule has 2 unspecified atom stereocenters. The Labute approximate surface area is 102 Å². The summed E-state index contributed by atoms with van der Waals surface area (Å²) >= 11 is 0. The van der Waals surface area contributed by atoms with Gasteiger partial charge in [0.1, 0.15) is 0 Å². The summed E-state index contributed by atoms with van der Waals surface area (Å²) in [6.07, 6.45) is 0.191. The SMILES string of the molecule is CCC(O)(C(=O)O)C(C)c1cc(C)ccc1C. The number of aliphatic carboxylic acids is 1. The number of aryl methyl sites for hydroxylation is 2. The highest BCUT2D eigenvalue weighted by Crippen LogP contribution is 2.33. The van der Waals surface area contributed by atoms with E-state index in [1.165, 1.54) is 0 Å². The predicted octanol–water partition coefficient (Wildman–Crippen LogP) is 2.63. The summed E-state index contributed by atoms with van der Waals surface area (Å²) in [5, 5.41) is 19.4. The number of hydrogen-bond donors (Lipinski definition) is 2. The lowest BCUT2D eigenvalue weighted by molar-refractivity contribution is -0.161. The van der Waals surface area contributed by atoms with Crippen LogP contribution < -0.4 is 0 Å². The molecule has 0 aliphatic rings. The van der Waals surface area contributed by atoms with Crippen LogP contribution in [0, 0.1) is 13.8 Å². The summed E-state index contributed by atoms with van der Waals surface area (Å²) in [5.74, 6) is -1.58. The minimum atomic E-state index is -1.70. The standard InChI is InChI=1S/C14H20O3/c1-5-14(17,13(15)16)11(4)12-8-9(2)6-7-10(12)3/h6-8,11,17H,5H2,1-4H3,(H,15,16). The van der Waals surface area contributed by atoms with Gasteiger partial charge in [-0.15, -0.1) is 0 Å². The number of carboxylic acids is 1. The number of benzene rings is 1. The molecule has 0 heterocycles. The van der Waals surface area contributed by atoms with E-state index in [1.54, 1.807) is 13.8 Å². The predicted molar refractivity (Wildman–Crippen MR) is 67.2 cm³/mol. The second-order valence-corrected chi connectivity index (χ2v) is 4.66. The van der Waals surface area contributed by atoms with E-state index in [1.807, 2.05) is 32.0 Å². The number of hydrogen-bond acceptors (Lipinski definition) is 2. The van der Waals surface area contributed by atoms with Crippen molar-refractivity contribution < 1.29 is 15.0 Å². The van der Waals surface area contributed by atoms with Crippen LogP contribution in [0.5, 0.6) is 0 Å². The molecule has 1 rings (SSSR count). The lowest BCUT2D eigenvalue weighted by atomic mass is 9.79. The lowest BCUT2D eigenvalue weighted by Gasteiger charge is -2.30. The zero-order valence-electron chi connectivity index (χ0n) is 10.8. The van der Waals surface area contributed by atoms with E-state index in [2.05, 4.69) is 0 Å². The Morgan fingerprint density at radius 3 is 2.47 bits per heavy atom. The maximum Gasteiger partial charge on any atom is 0.336 e. The Balaban J connectivity index is 3.23. The molecule has 3 nitrogen and oxygen atoms in total. The molecule has 0 spiro atoms. The van der Waals surface area contributed by atoms with Crippen molar-refractivity contribution in [3.05, 3.63) is 34.9 Å². The molecule has 2 atom stereocenters. The van der Waals surface area contributed by atoms with Crippen molar-refractivity contribution in [3.63, 3.8) is 0 Å². The molecule has 3 heteroatoms. The highest BCUT2D eigenvalue weighted by molar-refractivity contribution is 5.78. The maximum atomic E-state index is 11.2. The minimum absolute atomic E-state index is 0.191. The molecule has 0 amide bonds. The van der Waals surface area contributed by atoms with Crippen molar-refractivity contribution in [3.8, 4) is 0 Å². The van der Waals surface area contributed by atoms with E-state index in [-0.39, 0.29) is 6.42 Å². The van der Waals surface area contributed by atoms with Crippen LogP contribution in [-0.4, -0.2) is 21.8 Å². The van der Waals surface area contributed by atoms with Gasteiger partial charge in [-0.1, -0.05) is 37.6 Å². The fourth-order valence-corrected chi connectivity index (χ4v) is 2.13. The summed E-state index contributed by atoms with van der Waals surface area (Å²) in [5.41, 5.74) is 1.28. The Morgan fingerprint density at radius 2 is 2.00 bits per heavy atom. The van der Waals surface area contributed by atoms with Gasteiger partial charge in [-0.3, -0.25) is 0 Å². The zero-order chi connectivity index (χ0) is 13.2. The fourth-order valence-electron chi connectivity index (χ4n) is 2.13. The van der Waals surface area contributed by atoms with Crippen LogP contribution in [-0.2, 0) is 4.79 Å². The first-order valence-corrected chi connectivity index (χ1v) is 5.85. The number of aliphatic hydroxyl groups is 1. The van der Waals surface area contributed by atoms with Crippen LogP contribution in [0.25, 0.3) is 0 Å². The van der Waals surface area contributed by atoms with Crippen LogP contribution >= 0.6 is 0 Å². The van der Waals surface area contributed by atoms with Crippen LogP contribution in [0.3, 0.4) is 0 Å². The van der Waals surface area contributed by atoms with Gasteiger partial charge in [0.2, 0.25) is 0 Å². The highest BCUT2D eigenvalue weighted by Gasteiger charge is 2.41. The van der Waals surface area contributed by atoms with Gasteiger partial charge in [0.25, 0.3) is 0 Å². The van der Waals surface area contributed by atoms with E-state index in [0.717, 1.165) is 16.7 Å². The molecule has 0 aromatic heterocycles. The molecular formula is C14H20O3. The zero-order valence-corrected chi connectivity index (χ0v) is 10.8. The molecule has 94 valence electrons. The van der Waals surface area contributed by atoms with Gasteiger partial charge < -0.3 is 10.2 Å². The second kappa shape index (κ2) is 4.88. The highest BCUT2D eigenvalue weighted by atomic mass is 16.4. The van der Waals surface area contributed by atoms with Crippen LogP contribution in [0.1, 0.15) is 42.9 Å². The number of carbonyl (C=O) groups is 1. The first kappa shape index (κ1) is 13.7. The molecule has 0 saturated carbocycles. The van der Waals surface area contributed by atoms with Gasteiger partial charge in [-0.25, -0.2) is 4.79 Å². The summed E-state index contributed by atoms with van der Waals surface area (Å²) < 4.78 is 0. The minimum Gasteiger partial charge on any atom is -0.479 e. The third-order valence-electron chi connectivity index (χ3n) is 3.53. The fraction of sp³-hybridized carbons (Fsp3) is 0.500. The average Bonchev–Trinajstić information content (AvgIpc) is 2.30. The number of rotatable bonds is 4. The Morgan fingerprint density at radius 1 is 1.41 bits per heavy atom. The third kappa shape index (κ3) is 2.50. The molecule has 0 radical (unpaired) electrons. The van der Waals surface area contributed by atoms with E-state index >= 15 is 0 Å². The summed E-state index contributed by atoms with van der Waals surface area (Å²) in [7, 11) is 0. The van der Waals surface area contributed by atoms with E-state index in [0.29, 0.717) is 0 Å². The van der Waals surface area contributed by atoms with Crippen molar-refractivity contribution in [2.45, 2.75) is 45.6 Å². The molecule has 1 aromatic rings. The van der Waals surface area contributed by atoms with Gasteiger partial charge in [-0.2, -0.15) is 0 Å².